The normalized spacial score (nSPS) is 11.9. The lowest BCUT2D eigenvalue weighted by Crippen LogP contribution is -2.24. The summed E-state index contributed by atoms with van der Waals surface area (Å²) in [4.78, 5) is 39.3. The fraction of sp³-hybridized carbons (Fsp3) is 0.148. The number of aromatic nitrogens is 1. The maximum absolute atomic E-state index is 14.0. The Hall–Kier alpha value is -4.66. The van der Waals surface area contributed by atoms with E-state index >= 15 is 0 Å². The standard InChI is InChI=1S/C27H21FN2O6/c1-2-34-19-7-3-16(4-8-19)26(32)21-13-30(22-9-5-17(28)11-20(22)27(21)33)14-25(31)29-18-6-10-23-24(12-18)36-15-35-23/h3-13H,2,14-15H2,1H3,(H,29,31). The van der Waals surface area contributed by atoms with Crippen molar-refractivity contribution < 1.29 is 28.2 Å². The fourth-order valence-electron chi connectivity index (χ4n) is 4.02. The van der Waals surface area contributed by atoms with E-state index in [9.17, 15) is 18.8 Å². The first-order valence-corrected chi connectivity index (χ1v) is 11.2. The van der Waals surface area contributed by atoms with Crippen LogP contribution < -0.4 is 25.0 Å². The number of carbonyl (C=O) groups is 2. The van der Waals surface area contributed by atoms with E-state index in [0.717, 1.165) is 6.07 Å². The molecule has 3 aromatic carbocycles. The molecule has 0 saturated carbocycles. The van der Waals surface area contributed by atoms with E-state index in [-0.39, 0.29) is 29.9 Å². The SMILES string of the molecule is CCOc1ccc(C(=O)c2cn(CC(=O)Nc3ccc4c(c3)OCO4)c3ccc(F)cc3c2=O)cc1. The number of ketones is 1. The molecule has 1 aromatic heterocycles. The summed E-state index contributed by atoms with van der Waals surface area (Å²) in [5, 5.41) is 2.77. The lowest BCUT2D eigenvalue weighted by molar-refractivity contribution is -0.116. The highest BCUT2D eigenvalue weighted by atomic mass is 19.1. The summed E-state index contributed by atoms with van der Waals surface area (Å²) in [5.41, 5.74) is 0.295. The predicted octanol–water partition coefficient (Wildman–Crippen LogP) is 4.14. The number of fused-ring (bicyclic) bond motifs is 2. The molecule has 9 heteroatoms. The van der Waals surface area contributed by atoms with E-state index in [1.807, 2.05) is 6.92 Å². The minimum absolute atomic E-state index is 0.00247. The molecule has 0 atom stereocenters. The fourth-order valence-corrected chi connectivity index (χ4v) is 4.02. The second kappa shape index (κ2) is 9.53. The Balaban J connectivity index is 1.48. The Kier molecular flexibility index (Phi) is 6.12. The van der Waals surface area contributed by atoms with Crippen molar-refractivity contribution in [3.63, 3.8) is 0 Å². The van der Waals surface area contributed by atoms with Gasteiger partial charge in [-0.1, -0.05) is 0 Å². The van der Waals surface area contributed by atoms with Crippen molar-refractivity contribution in [1.29, 1.82) is 0 Å². The number of benzene rings is 3. The molecule has 1 N–H and O–H groups in total. The molecular weight excluding hydrogens is 467 g/mol. The zero-order valence-corrected chi connectivity index (χ0v) is 19.2. The van der Waals surface area contributed by atoms with Gasteiger partial charge in [-0.2, -0.15) is 0 Å². The number of pyridine rings is 1. The van der Waals surface area contributed by atoms with Crippen molar-refractivity contribution in [3.8, 4) is 17.2 Å². The molecule has 2 heterocycles. The van der Waals surface area contributed by atoms with E-state index in [1.165, 1.54) is 22.9 Å². The smallest absolute Gasteiger partial charge is 0.244 e. The van der Waals surface area contributed by atoms with Crippen molar-refractivity contribution in [2.75, 3.05) is 18.7 Å². The number of anilines is 1. The lowest BCUT2D eigenvalue weighted by Gasteiger charge is -2.14. The number of hydrogen-bond donors (Lipinski definition) is 1. The molecule has 8 nitrogen and oxygen atoms in total. The summed E-state index contributed by atoms with van der Waals surface area (Å²) >= 11 is 0. The van der Waals surface area contributed by atoms with E-state index in [4.69, 9.17) is 14.2 Å². The average molecular weight is 488 g/mol. The number of hydrogen-bond acceptors (Lipinski definition) is 6. The molecule has 4 aromatic rings. The van der Waals surface area contributed by atoms with Crippen LogP contribution >= 0.6 is 0 Å². The molecule has 0 spiro atoms. The van der Waals surface area contributed by atoms with Gasteiger partial charge in [0.2, 0.25) is 18.1 Å². The van der Waals surface area contributed by atoms with Crippen LogP contribution in [0.5, 0.6) is 17.2 Å². The summed E-state index contributed by atoms with van der Waals surface area (Å²) in [6, 6.07) is 15.0. The van der Waals surface area contributed by atoms with E-state index in [2.05, 4.69) is 5.32 Å². The van der Waals surface area contributed by atoms with Crippen LogP contribution in [0.15, 0.2) is 71.7 Å². The number of nitrogens with one attached hydrogen (secondary N) is 1. The van der Waals surface area contributed by atoms with E-state index < -0.39 is 22.9 Å². The maximum Gasteiger partial charge on any atom is 0.244 e. The van der Waals surface area contributed by atoms with Crippen LogP contribution in [-0.2, 0) is 11.3 Å². The van der Waals surface area contributed by atoms with Crippen LogP contribution in [0.3, 0.4) is 0 Å². The van der Waals surface area contributed by atoms with Gasteiger partial charge in [-0.25, -0.2) is 4.39 Å². The van der Waals surface area contributed by atoms with E-state index in [1.54, 1.807) is 42.5 Å². The summed E-state index contributed by atoms with van der Waals surface area (Å²) in [6.45, 7) is 2.21. The largest absolute Gasteiger partial charge is 0.494 e. The van der Waals surface area contributed by atoms with Crippen molar-refractivity contribution in [3.05, 3.63) is 94.0 Å². The van der Waals surface area contributed by atoms with Crippen LogP contribution in [0.4, 0.5) is 10.1 Å². The van der Waals surface area contributed by atoms with Crippen LogP contribution in [0.25, 0.3) is 10.9 Å². The van der Waals surface area contributed by atoms with Crippen LogP contribution in [0, 0.1) is 5.82 Å². The second-order valence-electron chi connectivity index (χ2n) is 8.06. The number of carbonyl (C=O) groups excluding carboxylic acids is 2. The number of halogens is 1. The third-order valence-electron chi connectivity index (χ3n) is 5.68. The van der Waals surface area contributed by atoms with Crippen molar-refractivity contribution >= 4 is 28.3 Å². The molecule has 0 saturated heterocycles. The van der Waals surface area contributed by atoms with Gasteiger partial charge in [0.1, 0.15) is 18.1 Å². The highest BCUT2D eigenvalue weighted by Gasteiger charge is 2.20. The Labute approximate surface area is 204 Å². The minimum atomic E-state index is -0.623. The van der Waals surface area contributed by atoms with Crippen molar-refractivity contribution in [2.24, 2.45) is 0 Å². The molecule has 1 aliphatic heterocycles. The first-order chi connectivity index (χ1) is 17.4. The Morgan fingerprint density at radius 1 is 1.03 bits per heavy atom. The Morgan fingerprint density at radius 2 is 1.81 bits per heavy atom. The van der Waals surface area contributed by atoms with Crippen LogP contribution in [0.1, 0.15) is 22.8 Å². The summed E-state index contributed by atoms with van der Waals surface area (Å²) in [6.07, 6.45) is 1.33. The molecule has 36 heavy (non-hydrogen) atoms. The quantitative estimate of drug-likeness (QED) is 0.393. The van der Waals surface area contributed by atoms with Gasteiger partial charge in [0.25, 0.3) is 0 Å². The number of ether oxygens (including phenoxy) is 3. The monoisotopic (exact) mass is 488 g/mol. The van der Waals surface area contributed by atoms with Gasteiger partial charge in [0.15, 0.2) is 17.3 Å². The minimum Gasteiger partial charge on any atom is -0.494 e. The van der Waals surface area contributed by atoms with Gasteiger partial charge >= 0.3 is 0 Å². The van der Waals surface area contributed by atoms with Gasteiger partial charge in [-0.15, -0.1) is 0 Å². The molecule has 1 aliphatic rings. The highest BCUT2D eigenvalue weighted by Crippen LogP contribution is 2.34. The number of amides is 1. The maximum atomic E-state index is 14.0. The zero-order valence-electron chi connectivity index (χ0n) is 19.2. The third-order valence-corrected chi connectivity index (χ3v) is 5.68. The molecule has 1 amide bonds. The molecule has 0 unspecified atom stereocenters. The molecule has 5 rings (SSSR count). The second-order valence-corrected chi connectivity index (χ2v) is 8.06. The first kappa shape index (κ1) is 23.1. The van der Waals surface area contributed by atoms with Gasteiger partial charge in [-0.05, 0) is 61.5 Å². The van der Waals surface area contributed by atoms with Gasteiger partial charge in [-0.3, -0.25) is 14.4 Å². The van der Waals surface area contributed by atoms with Crippen LogP contribution in [0.2, 0.25) is 0 Å². The predicted molar refractivity (Wildman–Crippen MR) is 130 cm³/mol. The summed E-state index contributed by atoms with van der Waals surface area (Å²) in [7, 11) is 0. The summed E-state index contributed by atoms with van der Waals surface area (Å²) in [5.74, 6) is 0.106. The number of nitrogens with zero attached hydrogens (tertiary/aromatic N) is 1. The molecular formula is C27H21FN2O6. The highest BCUT2D eigenvalue weighted by molar-refractivity contribution is 6.10. The molecule has 0 fully saturated rings. The van der Waals surface area contributed by atoms with Crippen molar-refractivity contribution in [1.82, 2.24) is 4.57 Å². The summed E-state index contributed by atoms with van der Waals surface area (Å²) < 4.78 is 31.5. The average Bonchev–Trinajstić information content (AvgIpc) is 3.34. The third kappa shape index (κ3) is 4.50. The molecule has 0 aliphatic carbocycles. The molecule has 182 valence electrons. The molecule has 0 radical (unpaired) electrons. The first-order valence-electron chi connectivity index (χ1n) is 11.2. The van der Waals surface area contributed by atoms with Crippen molar-refractivity contribution in [2.45, 2.75) is 13.5 Å². The zero-order chi connectivity index (χ0) is 25.2. The lowest BCUT2D eigenvalue weighted by atomic mass is 10.0. The van der Waals surface area contributed by atoms with Gasteiger partial charge in [0.05, 0.1) is 17.7 Å². The van der Waals surface area contributed by atoms with E-state index in [0.29, 0.717) is 35.1 Å². The topological polar surface area (TPSA) is 95.9 Å². The Bertz CT molecular complexity index is 1540. The van der Waals surface area contributed by atoms with Gasteiger partial charge < -0.3 is 24.1 Å². The number of rotatable bonds is 7. The molecule has 0 bridgehead atoms. The van der Waals surface area contributed by atoms with Crippen LogP contribution in [-0.4, -0.2) is 29.7 Å². The van der Waals surface area contributed by atoms with Gasteiger partial charge in [0, 0.05) is 28.9 Å². The Morgan fingerprint density at radius 3 is 2.58 bits per heavy atom.